The predicted molar refractivity (Wildman–Crippen MR) is 72.8 cm³/mol. The lowest BCUT2D eigenvalue weighted by molar-refractivity contribution is 0.573. The van der Waals surface area contributed by atoms with E-state index in [9.17, 15) is 8.42 Å². The van der Waals surface area contributed by atoms with Crippen LogP contribution in [0.4, 0.5) is 5.69 Å². The third-order valence-electron chi connectivity index (χ3n) is 2.49. The van der Waals surface area contributed by atoms with Crippen molar-refractivity contribution in [1.82, 2.24) is 0 Å². The van der Waals surface area contributed by atoms with E-state index in [4.69, 9.17) is 17.3 Å². The Morgan fingerprint density at radius 2 is 2.00 bits per heavy atom. The van der Waals surface area contributed by atoms with E-state index in [0.29, 0.717) is 28.6 Å². The number of anilines is 1. The predicted octanol–water partition coefficient (Wildman–Crippen LogP) is 2.88. The molecule has 96 valence electrons. The van der Waals surface area contributed by atoms with Crippen molar-refractivity contribution in [2.24, 2.45) is 5.92 Å². The largest absolute Gasteiger partial charge is 0.398 e. The first-order valence-corrected chi connectivity index (χ1v) is 7.74. The van der Waals surface area contributed by atoms with Crippen LogP contribution in [0.1, 0.15) is 25.8 Å². The van der Waals surface area contributed by atoms with E-state index in [1.807, 2.05) is 13.8 Å². The van der Waals surface area contributed by atoms with Gasteiger partial charge in [0, 0.05) is 10.7 Å². The van der Waals surface area contributed by atoms with Gasteiger partial charge in [0.1, 0.15) is 0 Å². The van der Waals surface area contributed by atoms with Crippen molar-refractivity contribution in [1.29, 1.82) is 0 Å². The standard InChI is InChI=1S/C12H18ClNO2S/c1-9(2)5-6-17(15,16)8-10-3-4-11(13)7-12(10)14/h3-4,7,9H,5-6,8,14H2,1-2H3. The number of nitrogen functional groups attached to an aromatic ring is 1. The molecule has 5 heteroatoms. The molecule has 0 heterocycles. The van der Waals surface area contributed by atoms with Crippen LogP contribution in [-0.4, -0.2) is 14.2 Å². The molecule has 0 radical (unpaired) electrons. The number of nitrogens with two attached hydrogens (primary N) is 1. The van der Waals surface area contributed by atoms with Crippen LogP contribution in [0.5, 0.6) is 0 Å². The molecule has 1 rings (SSSR count). The Morgan fingerprint density at radius 1 is 1.35 bits per heavy atom. The van der Waals surface area contributed by atoms with Crippen LogP contribution < -0.4 is 5.73 Å². The second kappa shape index (κ2) is 5.74. The van der Waals surface area contributed by atoms with Gasteiger partial charge in [-0.05, 0) is 30.0 Å². The molecule has 17 heavy (non-hydrogen) atoms. The molecule has 0 atom stereocenters. The van der Waals surface area contributed by atoms with Crippen LogP contribution in [0, 0.1) is 5.92 Å². The minimum atomic E-state index is -3.09. The SMILES string of the molecule is CC(C)CCS(=O)(=O)Cc1ccc(Cl)cc1N. The van der Waals surface area contributed by atoms with E-state index in [0.717, 1.165) is 0 Å². The summed E-state index contributed by atoms with van der Waals surface area (Å²) in [7, 11) is -3.09. The van der Waals surface area contributed by atoms with Crippen molar-refractivity contribution in [3.8, 4) is 0 Å². The lowest BCUT2D eigenvalue weighted by Gasteiger charge is -2.08. The van der Waals surface area contributed by atoms with Crippen molar-refractivity contribution < 1.29 is 8.42 Å². The summed E-state index contributed by atoms with van der Waals surface area (Å²) in [6, 6.07) is 4.91. The molecule has 0 saturated carbocycles. The summed E-state index contributed by atoms with van der Waals surface area (Å²) >= 11 is 5.76. The molecular formula is C12H18ClNO2S. The fraction of sp³-hybridized carbons (Fsp3) is 0.500. The van der Waals surface area contributed by atoms with Crippen LogP contribution >= 0.6 is 11.6 Å². The van der Waals surface area contributed by atoms with E-state index in [1.54, 1.807) is 18.2 Å². The Kier molecular flexibility index (Phi) is 4.83. The zero-order chi connectivity index (χ0) is 13.1. The van der Waals surface area contributed by atoms with E-state index in [-0.39, 0.29) is 11.5 Å². The Balaban J connectivity index is 2.76. The van der Waals surface area contributed by atoms with Crippen LogP contribution in [0.15, 0.2) is 18.2 Å². The second-order valence-corrected chi connectivity index (χ2v) is 7.24. The minimum Gasteiger partial charge on any atom is -0.398 e. The van der Waals surface area contributed by atoms with Gasteiger partial charge in [-0.15, -0.1) is 0 Å². The molecule has 0 spiro atoms. The molecule has 0 unspecified atom stereocenters. The highest BCUT2D eigenvalue weighted by Crippen LogP contribution is 2.20. The smallest absolute Gasteiger partial charge is 0.154 e. The lowest BCUT2D eigenvalue weighted by Crippen LogP contribution is -2.12. The fourth-order valence-corrected chi connectivity index (χ4v) is 3.31. The van der Waals surface area contributed by atoms with Gasteiger partial charge >= 0.3 is 0 Å². The summed E-state index contributed by atoms with van der Waals surface area (Å²) in [5.41, 5.74) is 6.79. The number of rotatable bonds is 5. The Morgan fingerprint density at radius 3 is 2.53 bits per heavy atom. The third-order valence-corrected chi connectivity index (χ3v) is 4.33. The molecule has 2 N–H and O–H groups in total. The number of hydrogen-bond donors (Lipinski definition) is 1. The monoisotopic (exact) mass is 275 g/mol. The van der Waals surface area contributed by atoms with Gasteiger partial charge in [-0.1, -0.05) is 31.5 Å². The van der Waals surface area contributed by atoms with Gasteiger partial charge in [-0.25, -0.2) is 8.42 Å². The van der Waals surface area contributed by atoms with Crippen molar-refractivity contribution in [3.63, 3.8) is 0 Å². The maximum absolute atomic E-state index is 11.9. The van der Waals surface area contributed by atoms with Crippen LogP contribution in [-0.2, 0) is 15.6 Å². The van der Waals surface area contributed by atoms with Gasteiger partial charge in [-0.3, -0.25) is 0 Å². The molecule has 0 aliphatic heterocycles. The molecule has 0 amide bonds. The summed E-state index contributed by atoms with van der Waals surface area (Å²) in [5.74, 6) is 0.572. The molecule has 0 bridgehead atoms. The van der Waals surface area contributed by atoms with E-state index in [1.165, 1.54) is 0 Å². The summed E-state index contributed by atoms with van der Waals surface area (Å²) in [5, 5.41) is 0.519. The third kappa shape index (κ3) is 4.96. The van der Waals surface area contributed by atoms with Crippen molar-refractivity contribution in [2.75, 3.05) is 11.5 Å². The normalized spacial score (nSPS) is 12.0. The highest BCUT2D eigenvalue weighted by Gasteiger charge is 2.14. The fourth-order valence-electron chi connectivity index (χ4n) is 1.42. The minimum absolute atomic E-state index is 0.0112. The van der Waals surface area contributed by atoms with E-state index < -0.39 is 9.84 Å². The molecule has 3 nitrogen and oxygen atoms in total. The zero-order valence-electron chi connectivity index (χ0n) is 10.1. The average molecular weight is 276 g/mol. The van der Waals surface area contributed by atoms with Crippen LogP contribution in [0.3, 0.4) is 0 Å². The molecule has 0 aliphatic rings. The average Bonchev–Trinajstić information content (AvgIpc) is 2.20. The zero-order valence-corrected chi connectivity index (χ0v) is 11.7. The first kappa shape index (κ1) is 14.3. The summed E-state index contributed by atoms with van der Waals surface area (Å²) in [6.45, 7) is 4.01. The second-order valence-electron chi connectivity index (χ2n) is 4.62. The summed E-state index contributed by atoms with van der Waals surface area (Å²) in [6.07, 6.45) is 0.676. The van der Waals surface area contributed by atoms with Crippen molar-refractivity contribution in [2.45, 2.75) is 26.0 Å². The molecular weight excluding hydrogens is 258 g/mol. The first-order chi connectivity index (χ1) is 7.80. The molecule has 1 aromatic carbocycles. The lowest BCUT2D eigenvalue weighted by atomic mass is 10.2. The topological polar surface area (TPSA) is 60.2 Å². The summed E-state index contributed by atoms with van der Waals surface area (Å²) in [4.78, 5) is 0. The number of benzene rings is 1. The Labute approximate surface area is 108 Å². The summed E-state index contributed by atoms with van der Waals surface area (Å²) < 4.78 is 23.7. The number of sulfone groups is 1. The van der Waals surface area contributed by atoms with Gasteiger partial charge < -0.3 is 5.73 Å². The quantitative estimate of drug-likeness (QED) is 0.841. The molecule has 0 aromatic heterocycles. The van der Waals surface area contributed by atoms with Gasteiger partial charge in [0.15, 0.2) is 9.84 Å². The maximum atomic E-state index is 11.9. The molecule has 0 aliphatic carbocycles. The highest BCUT2D eigenvalue weighted by molar-refractivity contribution is 7.90. The molecule has 0 fully saturated rings. The van der Waals surface area contributed by atoms with Gasteiger partial charge in [0.05, 0.1) is 11.5 Å². The first-order valence-electron chi connectivity index (χ1n) is 5.54. The van der Waals surface area contributed by atoms with Crippen molar-refractivity contribution >= 4 is 27.1 Å². The molecule has 1 aromatic rings. The molecule has 0 saturated heterocycles. The van der Waals surface area contributed by atoms with Crippen LogP contribution in [0.2, 0.25) is 5.02 Å². The van der Waals surface area contributed by atoms with Crippen molar-refractivity contribution in [3.05, 3.63) is 28.8 Å². The Hall–Kier alpha value is -0.740. The highest BCUT2D eigenvalue weighted by atomic mass is 35.5. The van der Waals surface area contributed by atoms with Crippen LogP contribution in [0.25, 0.3) is 0 Å². The van der Waals surface area contributed by atoms with E-state index in [2.05, 4.69) is 0 Å². The Bertz CT molecular complexity index is 483. The van der Waals surface area contributed by atoms with Gasteiger partial charge in [0.2, 0.25) is 0 Å². The number of halogens is 1. The maximum Gasteiger partial charge on any atom is 0.154 e. The van der Waals surface area contributed by atoms with Gasteiger partial charge in [0.25, 0.3) is 0 Å². The van der Waals surface area contributed by atoms with Gasteiger partial charge in [-0.2, -0.15) is 0 Å². The number of hydrogen-bond acceptors (Lipinski definition) is 3. The van der Waals surface area contributed by atoms with E-state index >= 15 is 0 Å².